The van der Waals surface area contributed by atoms with Crippen molar-refractivity contribution in [2.24, 2.45) is 0 Å². The summed E-state index contributed by atoms with van der Waals surface area (Å²) in [6.07, 6.45) is 3.00. The van der Waals surface area contributed by atoms with Crippen molar-refractivity contribution in [1.29, 1.82) is 0 Å². The number of hydrogen-bond donors (Lipinski definition) is 1. The van der Waals surface area contributed by atoms with Crippen LogP contribution in [0.1, 0.15) is 0 Å². The quantitative estimate of drug-likeness (QED) is 0.501. The summed E-state index contributed by atoms with van der Waals surface area (Å²) in [6, 6.07) is 0. The fourth-order valence-corrected chi connectivity index (χ4v) is 1.14. The number of aliphatic hydroxyl groups is 1. The molecule has 0 fully saturated rings. The lowest BCUT2D eigenvalue weighted by Crippen LogP contribution is -2.01. The van der Waals surface area contributed by atoms with E-state index in [9.17, 15) is 0 Å². The number of hydrogen-bond acceptors (Lipinski definition) is 3. The van der Waals surface area contributed by atoms with Crippen LogP contribution >= 0.6 is 11.8 Å². The van der Waals surface area contributed by atoms with Gasteiger partial charge in [0.05, 0.1) is 0 Å². The summed E-state index contributed by atoms with van der Waals surface area (Å²) in [6.45, 7) is 0. The van der Waals surface area contributed by atoms with Crippen molar-refractivity contribution in [2.75, 3.05) is 7.05 Å². The van der Waals surface area contributed by atoms with Crippen LogP contribution in [0.25, 0.3) is 0 Å². The summed E-state index contributed by atoms with van der Waals surface area (Å²) < 4.78 is 0. The van der Waals surface area contributed by atoms with Crippen molar-refractivity contribution in [1.82, 2.24) is 4.90 Å². The topological polar surface area (TPSA) is 23.5 Å². The average Bonchev–Trinajstić information content (AvgIpc) is 2.14. The van der Waals surface area contributed by atoms with E-state index in [1.54, 1.807) is 0 Å². The normalized spacial score (nSPS) is 23.1. The summed E-state index contributed by atoms with van der Waals surface area (Å²) in [5, 5.41) is 11.3. The monoisotopic (exact) mass is 129 g/mol. The second kappa shape index (κ2) is 2.13. The van der Waals surface area contributed by atoms with Crippen LogP contribution in [-0.4, -0.2) is 17.1 Å². The van der Waals surface area contributed by atoms with Crippen LogP contribution in [-0.2, 0) is 0 Å². The highest BCUT2D eigenvalue weighted by Crippen LogP contribution is 2.25. The molecule has 0 amide bonds. The molecule has 2 nitrogen and oxygen atoms in total. The summed E-state index contributed by atoms with van der Waals surface area (Å²) in [4.78, 5) is 1.85. The second-order valence-electron chi connectivity index (χ2n) is 1.48. The first-order chi connectivity index (χ1) is 3.84. The fourth-order valence-electron chi connectivity index (χ4n) is 0.470. The number of thioether (sulfide) groups is 1. The molecule has 0 radical (unpaired) electrons. The third kappa shape index (κ3) is 0.816. The lowest BCUT2D eigenvalue weighted by molar-refractivity contribution is 0.451. The van der Waals surface area contributed by atoms with Crippen LogP contribution in [0.15, 0.2) is 22.9 Å². The Hall–Kier alpha value is -0.570. The van der Waals surface area contributed by atoms with E-state index in [1.165, 1.54) is 11.8 Å². The molecule has 0 aliphatic carbocycles. The molecule has 1 aliphatic rings. The van der Waals surface area contributed by atoms with E-state index in [0.717, 1.165) is 11.3 Å². The lowest BCUT2D eigenvalue weighted by Gasteiger charge is -2.06. The summed E-state index contributed by atoms with van der Waals surface area (Å²) >= 11 is 1.51. The minimum absolute atomic E-state index is 0.866. The molecule has 44 valence electrons. The van der Waals surface area contributed by atoms with Gasteiger partial charge in [-0.15, -0.1) is 0 Å². The average molecular weight is 129 g/mol. The molecule has 0 aromatic heterocycles. The molecule has 3 heteroatoms. The molecule has 1 aliphatic heterocycles. The van der Waals surface area contributed by atoms with E-state index in [2.05, 4.69) is 0 Å². The van der Waals surface area contributed by atoms with Gasteiger partial charge in [-0.25, -0.2) is 0 Å². The third-order valence-corrected chi connectivity index (χ3v) is 1.82. The van der Waals surface area contributed by atoms with Crippen molar-refractivity contribution in [2.45, 2.75) is 0 Å². The van der Waals surface area contributed by atoms with E-state index < -0.39 is 0 Å². The molecule has 1 rings (SSSR count). The molecule has 1 heterocycles. The Morgan fingerprint density at radius 1 is 1.88 bits per heavy atom. The maximum Gasteiger partial charge on any atom is 0.114 e. The zero-order valence-corrected chi connectivity index (χ0v) is 5.35. The van der Waals surface area contributed by atoms with Crippen LogP contribution in [0, 0.1) is 0 Å². The molecule has 0 atom stereocenters. The van der Waals surface area contributed by atoms with E-state index in [4.69, 9.17) is 5.11 Å². The van der Waals surface area contributed by atoms with Crippen molar-refractivity contribution < 1.29 is 5.11 Å². The van der Waals surface area contributed by atoms with Gasteiger partial charge in [0, 0.05) is 13.2 Å². The van der Waals surface area contributed by atoms with Crippen LogP contribution < -0.4 is 0 Å². The predicted octanol–water partition coefficient (Wildman–Crippen LogP) is 1.49. The van der Waals surface area contributed by atoms with Crippen molar-refractivity contribution >= 4 is 11.8 Å². The Labute approximate surface area is 52.5 Å². The highest BCUT2D eigenvalue weighted by atomic mass is 32.2. The first-order valence-corrected chi connectivity index (χ1v) is 3.13. The summed E-state index contributed by atoms with van der Waals surface area (Å²) in [7, 11) is 1.89. The maximum atomic E-state index is 8.47. The molecular formula is C5H7NOS. The van der Waals surface area contributed by atoms with Gasteiger partial charge < -0.3 is 10.0 Å². The first kappa shape index (κ1) is 5.56. The van der Waals surface area contributed by atoms with Crippen LogP contribution in [0.2, 0.25) is 0 Å². The second-order valence-corrected chi connectivity index (χ2v) is 2.41. The molecule has 0 saturated carbocycles. The SMILES string of the molecule is CN1C=CSC1=CO. The number of nitrogens with zero attached hydrogens (tertiary/aromatic N) is 1. The van der Waals surface area contributed by atoms with E-state index >= 15 is 0 Å². The van der Waals surface area contributed by atoms with Gasteiger partial charge in [0.2, 0.25) is 0 Å². The maximum absolute atomic E-state index is 8.47. The molecule has 0 aromatic carbocycles. The van der Waals surface area contributed by atoms with Crippen LogP contribution in [0.4, 0.5) is 0 Å². The Morgan fingerprint density at radius 3 is 2.88 bits per heavy atom. The standard InChI is InChI=1S/C5H7NOS/c1-6-2-3-8-5(6)4-7/h2-4,7H,1H3. The van der Waals surface area contributed by atoms with Crippen LogP contribution in [0.3, 0.4) is 0 Å². The minimum atomic E-state index is 0.866. The van der Waals surface area contributed by atoms with Gasteiger partial charge in [-0.3, -0.25) is 0 Å². The Kier molecular flexibility index (Phi) is 1.48. The first-order valence-electron chi connectivity index (χ1n) is 2.25. The van der Waals surface area contributed by atoms with Crippen molar-refractivity contribution in [3.63, 3.8) is 0 Å². The zero-order valence-electron chi connectivity index (χ0n) is 4.53. The fraction of sp³-hybridized carbons (Fsp3) is 0.200. The number of rotatable bonds is 0. The van der Waals surface area contributed by atoms with E-state index in [-0.39, 0.29) is 0 Å². The largest absolute Gasteiger partial charge is 0.513 e. The summed E-state index contributed by atoms with van der Waals surface area (Å²) in [5.41, 5.74) is 0. The molecule has 8 heavy (non-hydrogen) atoms. The van der Waals surface area contributed by atoms with Gasteiger partial charge in [0.25, 0.3) is 0 Å². The molecule has 0 saturated heterocycles. The van der Waals surface area contributed by atoms with Gasteiger partial charge in [0.15, 0.2) is 0 Å². The highest BCUT2D eigenvalue weighted by molar-refractivity contribution is 8.06. The van der Waals surface area contributed by atoms with Gasteiger partial charge in [0.1, 0.15) is 11.3 Å². The van der Waals surface area contributed by atoms with Crippen molar-refractivity contribution in [3.05, 3.63) is 22.9 Å². The molecular weight excluding hydrogens is 122 g/mol. The van der Waals surface area contributed by atoms with Crippen LogP contribution in [0.5, 0.6) is 0 Å². The lowest BCUT2D eigenvalue weighted by atomic mass is 10.8. The molecule has 1 N–H and O–H groups in total. The van der Waals surface area contributed by atoms with E-state index in [1.807, 2.05) is 23.6 Å². The predicted molar refractivity (Wildman–Crippen MR) is 35.2 cm³/mol. The molecule has 0 bridgehead atoms. The summed E-state index contributed by atoms with van der Waals surface area (Å²) in [5.74, 6) is 0. The van der Waals surface area contributed by atoms with Gasteiger partial charge >= 0.3 is 0 Å². The third-order valence-electron chi connectivity index (χ3n) is 0.931. The van der Waals surface area contributed by atoms with Gasteiger partial charge in [-0.2, -0.15) is 0 Å². The molecule has 0 aromatic rings. The smallest absolute Gasteiger partial charge is 0.114 e. The molecule has 0 unspecified atom stereocenters. The minimum Gasteiger partial charge on any atom is -0.513 e. The Morgan fingerprint density at radius 2 is 2.62 bits per heavy atom. The van der Waals surface area contributed by atoms with Crippen molar-refractivity contribution in [3.8, 4) is 0 Å². The van der Waals surface area contributed by atoms with E-state index in [0.29, 0.717) is 0 Å². The van der Waals surface area contributed by atoms with Gasteiger partial charge in [-0.05, 0) is 5.41 Å². The highest BCUT2D eigenvalue weighted by Gasteiger charge is 2.05. The zero-order chi connectivity index (χ0) is 5.98. The van der Waals surface area contributed by atoms with Gasteiger partial charge in [-0.1, -0.05) is 11.8 Å². The molecule has 0 spiro atoms. The Balaban J connectivity index is 2.64. The Bertz CT molecular complexity index is 141. The number of aliphatic hydroxyl groups excluding tert-OH is 1.